The van der Waals surface area contributed by atoms with Gasteiger partial charge in [0.15, 0.2) is 0 Å². The summed E-state index contributed by atoms with van der Waals surface area (Å²) < 4.78 is 0. The van der Waals surface area contributed by atoms with Gasteiger partial charge in [0, 0.05) is 23.5 Å². The quantitative estimate of drug-likeness (QED) is 0.574. The Balaban J connectivity index is 1.71. The van der Waals surface area contributed by atoms with E-state index in [2.05, 4.69) is 25.7 Å². The summed E-state index contributed by atoms with van der Waals surface area (Å²) >= 11 is 0. The predicted octanol–water partition coefficient (Wildman–Crippen LogP) is 2.63. The Morgan fingerprint density at radius 1 is 1.13 bits per heavy atom. The van der Waals surface area contributed by atoms with E-state index >= 15 is 0 Å². The lowest BCUT2D eigenvalue weighted by Gasteiger charge is -2.01. The zero-order valence-corrected chi connectivity index (χ0v) is 12.5. The van der Waals surface area contributed by atoms with Crippen molar-refractivity contribution >= 4 is 11.6 Å². The third-order valence-corrected chi connectivity index (χ3v) is 3.32. The van der Waals surface area contributed by atoms with E-state index in [9.17, 15) is 4.79 Å². The standard InChI is InChI=1S/C17H15N5O/c1-12(13-7-9-18-10-8-13)19-22-17(23)16-11-15(20-21-16)14-5-3-2-4-6-14/h2-11H,1H3,(H,20,21)(H,22,23)/b19-12-. The van der Waals surface area contributed by atoms with Crippen molar-refractivity contribution in [2.45, 2.75) is 6.92 Å². The second-order valence-corrected chi connectivity index (χ2v) is 4.91. The SMILES string of the molecule is C/C(=N/NC(=O)c1cc(-c2ccccc2)n[nH]1)c1ccncc1. The summed E-state index contributed by atoms with van der Waals surface area (Å²) in [7, 11) is 0. The molecule has 2 heterocycles. The summed E-state index contributed by atoms with van der Waals surface area (Å²) in [6.45, 7) is 1.82. The van der Waals surface area contributed by atoms with Crippen molar-refractivity contribution in [2.75, 3.05) is 0 Å². The van der Waals surface area contributed by atoms with E-state index in [1.165, 1.54) is 0 Å². The largest absolute Gasteiger partial charge is 0.289 e. The first-order valence-electron chi connectivity index (χ1n) is 7.10. The van der Waals surface area contributed by atoms with Crippen LogP contribution in [0.4, 0.5) is 0 Å². The molecule has 1 amide bonds. The Morgan fingerprint density at radius 3 is 2.61 bits per heavy atom. The fraction of sp³-hybridized carbons (Fsp3) is 0.0588. The summed E-state index contributed by atoms with van der Waals surface area (Å²) in [5.41, 5.74) is 6.13. The van der Waals surface area contributed by atoms with E-state index < -0.39 is 0 Å². The van der Waals surface area contributed by atoms with Gasteiger partial charge < -0.3 is 0 Å². The molecule has 23 heavy (non-hydrogen) atoms. The first-order chi connectivity index (χ1) is 11.2. The average Bonchev–Trinajstić information content (AvgIpc) is 3.11. The molecule has 0 bridgehead atoms. The van der Waals surface area contributed by atoms with Crippen LogP contribution in [0.5, 0.6) is 0 Å². The normalized spacial score (nSPS) is 11.3. The van der Waals surface area contributed by atoms with Gasteiger partial charge >= 0.3 is 0 Å². The van der Waals surface area contributed by atoms with Gasteiger partial charge in [0.2, 0.25) is 0 Å². The molecule has 1 aromatic carbocycles. The maximum Gasteiger partial charge on any atom is 0.289 e. The van der Waals surface area contributed by atoms with Gasteiger partial charge in [0.05, 0.1) is 11.4 Å². The van der Waals surface area contributed by atoms with Crippen molar-refractivity contribution in [1.29, 1.82) is 0 Å². The van der Waals surface area contributed by atoms with E-state index in [0.29, 0.717) is 17.1 Å². The topological polar surface area (TPSA) is 83.0 Å². The van der Waals surface area contributed by atoms with Gasteiger partial charge in [0.1, 0.15) is 5.69 Å². The minimum absolute atomic E-state index is 0.340. The summed E-state index contributed by atoms with van der Waals surface area (Å²) in [6.07, 6.45) is 3.36. The molecule has 0 saturated carbocycles. The third kappa shape index (κ3) is 3.49. The van der Waals surface area contributed by atoms with E-state index in [0.717, 1.165) is 11.1 Å². The number of H-pyrrole nitrogens is 1. The lowest BCUT2D eigenvalue weighted by Crippen LogP contribution is -2.19. The molecule has 0 radical (unpaired) electrons. The molecule has 6 heteroatoms. The number of carbonyl (C=O) groups is 1. The van der Waals surface area contributed by atoms with E-state index in [1.807, 2.05) is 49.4 Å². The zero-order valence-electron chi connectivity index (χ0n) is 12.5. The molecular weight excluding hydrogens is 290 g/mol. The van der Waals surface area contributed by atoms with Crippen molar-refractivity contribution in [3.05, 3.63) is 72.2 Å². The van der Waals surface area contributed by atoms with E-state index in [1.54, 1.807) is 18.5 Å². The molecule has 0 saturated heterocycles. The second kappa shape index (κ2) is 6.65. The van der Waals surface area contributed by atoms with Gasteiger partial charge in [-0.05, 0) is 25.1 Å². The summed E-state index contributed by atoms with van der Waals surface area (Å²) in [4.78, 5) is 16.1. The number of nitrogens with one attached hydrogen (secondary N) is 2. The fourth-order valence-electron chi connectivity index (χ4n) is 2.05. The number of nitrogens with zero attached hydrogens (tertiary/aromatic N) is 3. The summed E-state index contributed by atoms with van der Waals surface area (Å²) in [6, 6.07) is 15.0. The van der Waals surface area contributed by atoms with Crippen LogP contribution in [0.25, 0.3) is 11.3 Å². The second-order valence-electron chi connectivity index (χ2n) is 4.91. The Kier molecular flexibility index (Phi) is 4.24. The monoisotopic (exact) mass is 305 g/mol. The Hall–Kier alpha value is -3.28. The average molecular weight is 305 g/mol. The maximum absolute atomic E-state index is 12.1. The van der Waals surface area contributed by atoms with Crippen molar-refractivity contribution in [2.24, 2.45) is 5.10 Å². The highest BCUT2D eigenvalue weighted by molar-refractivity contribution is 6.00. The number of hydrogen-bond donors (Lipinski definition) is 2. The summed E-state index contributed by atoms with van der Waals surface area (Å²) in [5, 5.41) is 11.0. The van der Waals surface area contributed by atoms with E-state index in [-0.39, 0.29) is 5.91 Å². The third-order valence-electron chi connectivity index (χ3n) is 3.32. The molecule has 0 unspecified atom stereocenters. The van der Waals surface area contributed by atoms with Crippen LogP contribution in [0, 0.1) is 0 Å². The summed E-state index contributed by atoms with van der Waals surface area (Å²) in [5.74, 6) is -0.340. The van der Waals surface area contributed by atoms with Gasteiger partial charge in [-0.15, -0.1) is 0 Å². The number of aromatic nitrogens is 3. The minimum atomic E-state index is -0.340. The highest BCUT2D eigenvalue weighted by Gasteiger charge is 2.10. The van der Waals surface area contributed by atoms with Crippen LogP contribution in [-0.2, 0) is 0 Å². The smallest absolute Gasteiger partial charge is 0.272 e. The highest BCUT2D eigenvalue weighted by atomic mass is 16.2. The van der Waals surface area contributed by atoms with E-state index in [4.69, 9.17) is 0 Å². The number of carbonyl (C=O) groups excluding carboxylic acids is 1. The molecule has 3 rings (SSSR count). The van der Waals surface area contributed by atoms with Crippen molar-refractivity contribution in [1.82, 2.24) is 20.6 Å². The number of rotatable bonds is 4. The molecule has 0 aliphatic rings. The Bertz CT molecular complexity index is 824. The predicted molar refractivity (Wildman–Crippen MR) is 87.9 cm³/mol. The lowest BCUT2D eigenvalue weighted by atomic mass is 10.1. The molecule has 2 N–H and O–H groups in total. The van der Waals surface area contributed by atoms with Gasteiger partial charge in [-0.25, -0.2) is 5.43 Å². The fourth-order valence-corrected chi connectivity index (χ4v) is 2.05. The molecule has 0 fully saturated rings. The van der Waals surface area contributed by atoms with Crippen LogP contribution in [0.1, 0.15) is 23.0 Å². The number of benzene rings is 1. The number of amides is 1. The van der Waals surface area contributed by atoms with Crippen LogP contribution in [0.2, 0.25) is 0 Å². The Labute approximate surface area is 133 Å². The lowest BCUT2D eigenvalue weighted by molar-refractivity contribution is 0.0950. The maximum atomic E-state index is 12.1. The molecular formula is C17H15N5O. The van der Waals surface area contributed by atoms with Crippen LogP contribution in [-0.4, -0.2) is 26.8 Å². The van der Waals surface area contributed by atoms with Crippen molar-refractivity contribution < 1.29 is 4.79 Å². The Morgan fingerprint density at radius 2 is 1.87 bits per heavy atom. The minimum Gasteiger partial charge on any atom is -0.272 e. The first-order valence-corrected chi connectivity index (χ1v) is 7.10. The molecule has 0 atom stereocenters. The molecule has 3 aromatic rings. The molecule has 0 aliphatic heterocycles. The van der Waals surface area contributed by atoms with Gasteiger partial charge in [-0.2, -0.15) is 10.2 Å². The molecule has 6 nitrogen and oxygen atoms in total. The van der Waals surface area contributed by atoms with Crippen molar-refractivity contribution in [3.8, 4) is 11.3 Å². The number of hydrogen-bond acceptors (Lipinski definition) is 4. The molecule has 0 aliphatic carbocycles. The molecule has 114 valence electrons. The number of pyridine rings is 1. The van der Waals surface area contributed by atoms with Crippen LogP contribution in [0.3, 0.4) is 0 Å². The highest BCUT2D eigenvalue weighted by Crippen LogP contribution is 2.16. The van der Waals surface area contributed by atoms with Crippen molar-refractivity contribution in [3.63, 3.8) is 0 Å². The van der Waals surface area contributed by atoms with Crippen LogP contribution >= 0.6 is 0 Å². The number of hydrazone groups is 1. The number of aromatic amines is 1. The van der Waals surface area contributed by atoms with Gasteiger partial charge in [0.25, 0.3) is 5.91 Å². The molecule has 2 aromatic heterocycles. The molecule has 0 spiro atoms. The van der Waals surface area contributed by atoms with Gasteiger partial charge in [-0.3, -0.25) is 14.9 Å². The first kappa shape index (κ1) is 14.6. The van der Waals surface area contributed by atoms with Crippen LogP contribution < -0.4 is 5.43 Å². The van der Waals surface area contributed by atoms with Crippen LogP contribution in [0.15, 0.2) is 66.0 Å². The van der Waals surface area contributed by atoms with Gasteiger partial charge in [-0.1, -0.05) is 30.3 Å². The zero-order chi connectivity index (χ0) is 16.1.